The fourth-order valence-corrected chi connectivity index (χ4v) is 1.90. The SMILES string of the molecule is NC(=O)CCNS(=O)(=O)CCCC(=O)O. The van der Waals surface area contributed by atoms with E-state index in [1.807, 2.05) is 0 Å². The minimum Gasteiger partial charge on any atom is -0.481 e. The van der Waals surface area contributed by atoms with Crippen molar-refractivity contribution in [2.45, 2.75) is 19.3 Å². The first-order valence-electron chi connectivity index (χ1n) is 4.31. The van der Waals surface area contributed by atoms with Gasteiger partial charge in [-0.15, -0.1) is 0 Å². The number of carbonyl (C=O) groups excluding carboxylic acids is 1. The number of carboxylic acids is 1. The van der Waals surface area contributed by atoms with Gasteiger partial charge >= 0.3 is 5.97 Å². The summed E-state index contributed by atoms with van der Waals surface area (Å²) in [5.74, 6) is -1.90. The van der Waals surface area contributed by atoms with E-state index in [1.54, 1.807) is 0 Å². The van der Waals surface area contributed by atoms with Crippen LogP contribution in [0.2, 0.25) is 0 Å². The fourth-order valence-electron chi connectivity index (χ4n) is 0.815. The molecule has 0 spiro atoms. The number of amides is 1. The van der Waals surface area contributed by atoms with Gasteiger partial charge in [0.25, 0.3) is 0 Å². The first-order chi connectivity index (χ1) is 6.83. The lowest BCUT2D eigenvalue weighted by molar-refractivity contribution is -0.137. The number of carboxylic acid groups (broad SMARTS) is 1. The molecule has 0 aromatic rings. The van der Waals surface area contributed by atoms with Crippen molar-refractivity contribution < 1.29 is 23.1 Å². The summed E-state index contributed by atoms with van der Waals surface area (Å²) in [6.45, 7) is -0.0509. The van der Waals surface area contributed by atoms with Gasteiger partial charge in [-0.25, -0.2) is 13.1 Å². The van der Waals surface area contributed by atoms with E-state index < -0.39 is 21.9 Å². The summed E-state index contributed by atoms with van der Waals surface area (Å²) in [5.41, 5.74) is 4.81. The molecular formula is C7H14N2O5S. The first kappa shape index (κ1) is 13.8. The number of hydrogen-bond donors (Lipinski definition) is 3. The molecule has 0 rings (SSSR count). The lowest BCUT2D eigenvalue weighted by Gasteiger charge is -2.04. The molecule has 4 N–H and O–H groups in total. The third-order valence-electron chi connectivity index (χ3n) is 1.50. The average Bonchev–Trinajstić information content (AvgIpc) is 2.01. The van der Waals surface area contributed by atoms with E-state index in [2.05, 4.69) is 4.72 Å². The maximum absolute atomic E-state index is 11.1. The Balaban J connectivity index is 3.77. The Hall–Kier alpha value is -1.15. The van der Waals surface area contributed by atoms with E-state index in [9.17, 15) is 18.0 Å². The van der Waals surface area contributed by atoms with E-state index in [1.165, 1.54) is 0 Å². The summed E-state index contributed by atoms with van der Waals surface area (Å²) in [5, 5.41) is 8.28. The topological polar surface area (TPSA) is 127 Å². The van der Waals surface area contributed by atoms with Gasteiger partial charge in [-0.3, -0.25) is 9.59 Å². The Labute approximate surface area is 87.7 Å². The van der Waals surface area contributed by atoms with Gasteiger partial charge in [0.05, 0.1) is 5.75 Å². The maximum atomic E-state index is 11.1. The van der Waals surface area contributed by atoms with Crippen molar-refractivity contribution in [2.75, 3.05) is 12.3 Å². The molecule has 0 aliphatic heterocycles. The summed E-state index contributed by atoms with van der Waals surface area (Å²) < 4.78 is 24.4. The van der Waals surface area contributed by atoms with Crippen molar-refractivity contribution in [2.24, 2.45) is 5.73 Å². The fraction of sp³-hybridized carbons (Fsp3) is 0.714. The normalized spacial score (nSPS) is 11.2. The molecule has 8 heteroatoms. The number of hydrogen-bond acceptors (Lipinski definition) is 4. The standard InChI is InChI=1S/C7H14N2O5S/c8-6(10)3-4-9-15(13,14)5-1-2-7(11)12/h9H,1-5H2,(H2,8,10)(H,11,12). The highest BCUT2D eigenvalue weighted by Crippen LogP contribution is 1.94. The summed E-state index contributed by atoms with van der Waals surface area (Å²) in [6.07, 6.45) is -0.226. The van der Waals surface area contributed by atoms with Gasteiger partial charge in [0, 0.05) is 19.4 Å². The predicted octanol–water partition coefficient (Wildman–Crippen LogP) is -1.35. The minimum atomic E-state index is -3.49. The van der Waals surface area contributed by atoms with Gasteiger partial charge < -0.3 is 10.8 Å². The van der Waals surface area contributed by atoms with Crippen LogP contribution in [0.15, 0.2) is 0 Å². The molecule has 0 saturated heterocycles. The molecule has 0 saturated carbocycles. The molecule has 0 fully saturated rings. The number of nitrogens with one attached hydrogen (secondary N) is 1. The number of primary amides is 1. The number of sulfonamides is 1. The summed E-state index contributed by atoms with van der Waals surface area (Å²) >= 11 is 0. The maximum Gasteiger partial charge on any atom is 0.303 e. The van der Waals surface area contributed by atoms with Crippen LogP contribution >= 0.6 is 0 Å². The van der Waals surface area contributed by atoms with E-state index in [4.69, 9.17) is 10.8 Å². The Morgan fingerprint density at radius 3 is 2.33 bits per heavy atom. The van der Waals surface area contributed by atoms with Gasteiger partial charge in [-0.2, -0.15) is 0 Å². The summed E-state index contributed by atoms with van der Waals surface area (Å²) in [4.78, 5) is 20.4. The molecular weight excluding hydrogens is 224 g/mol. The minimum absolute atomic E-state index is 0.0429. The smallest absolute Gasteiger partial charge is 0.303 e. The molecule has 1 amide bonds. The van der Waals surface area contributed by atoms with Gasteiger partial charge in [0.1, 0.15) is 0 Å². The van der Waals surface area contributed by atoms with E-state index in [-0.39, 0.29) is 31.6 Å². The highest BCUT2D eigenvalue weighted by atomic mass is 32.2. The first-order valence-corrected chi connectivity index (χ1v) is 5.96. The van der Waals surface area contributed by atoms with Crippen molar-refractivity contribution in [1.82, 2.24) is 4.72 Å². The van der Waals surface area contributed by atoms with Crippen molar-refractivity contribution in [1.29, 1.82) is 0 Å². The lowest BCUT2D eigenvalue weighted by atomic mass is 10.3. The quantitative estimate of drug-likeness (QED) is 0.481. The van der Waals surface area contributed by atoms with Crippen molar-refractivity contribution in [3.8, 4) is 0 Å². The summed E-state index contributed by atoms with van der Waals surface area (Å²) in [7, 11) is -3.49. The van der Waals surface area contributed by atoms with Gasteiger partial charge in [-0.05, 0) is 6.42 Å². The number of aliphatic carboxylic acids is 1. The van der Waals surface area contributed by atoms with E-state index in [0.717, 1.165) is 0 Å². The van der Waals surface area contributed by atoms with E-state index >= 15 is 0 Å². The third kappa shape index (κ3) is 9.16. The Morgan fingerprint density at radius 2 is 1.87 bits per heavy atom. The Bertz CT molecular complexity index is 298. The number of nitrogens with two attached hydrogens (primary N) is 1. The van der Waals surface area contributed by atoms with Gasteiger partial charge in [0.2, 0.25) is 15.9 Å². The van der Waals surface area contributed by atoms with Crippen LogP contribution in [0, 0.1) is 0 Å². The molecule has 0 unspecified atom stereocenters. The zero-order valence-electron chi connectivity index (χ0n) is 8.10. The Kier molecular flexibility index (Phi) is 5.87. The number of carbonyl (C=O) groups is 2. The highest BCUT2D eigenvalue weighted by molar-refractivity contribution is 7.89. The lowest BCUT2D eigenvalue weighted by Crippen LogP contribution is -2.30. The number of rotatable bonds is 8. The molecule has 0 heterocycles. The van der Waals surface area contributed by atoms with Crippen LogP contribution in [0.1, 0.15) is 19.3 Å². The van der Waals surface area contributed by atoms with Crippen LogP contribution < -0.4 is 10.5 Å². The van der Waals surface area contributed by atoms with Crippen LogP contribution in [0.3, 0.4) is 0 Å². The van der Waals surface area contributed by atoms with Crippen molar-refractivity contribution in [3.05, 3.63) is 0 Å². The van der Waals surface area contributed by atoms with Gasteiger partial charge in [-0.1, -0.05) is 0 Å². The van der Waals surface area contributed by atoms with Crippen molar-refractivity contribution >= 4 is 21.9 Å². The Morgan fingerprint density at radius 1 is 1.27 bits per heavy atom. The largest absolute Gasteiger partial charge is 0.481 e. The van der Waals surface area contributed by atoms with Crippen LogP contribution in [0.4, 0.5) is 0 Å². The second kappa shape index (κ2) is 6.36. The van der Waals surface area contributed by atoms with Crippen LogP contribution in [-0.2, 0) is 19.6 Å². The monoisotopic (exact) mass is 238 g/mol. The third-order valence-corrected chi connectivity index (χ3v) is 2.97. The molecule has 0 bridgehead atoms. The molecule has 15 heavy (non-hydrogen) atoms. The zero-order chi connectivity index (χ0) is 11.9. The predicted molar refractivity (Wildman–Crippen MR) is 52.5 cm³/mol. The average molecular weight is 238 g/mol. The molecule has 7 nitrogen and oxygen atoms in total. The second-order valence-corrected chi connectivity index (χ2v) is 4.85. The molecule has 0 atom stereocenters. The zero-order valence-corrected chi connectivity index (χ0v) is 8.92. The van der Waals surface area contributed by atoms with Crippen LogP contribution in [-0.4, -0.2) is 37.7 Å². The molecule has 88 valence electrons. The van der Waals surface area contributed by atoms with Crippen LogP contribution in [0.25, 0.3) is 0 Å². The second-order valence-electron chi connectivity index (χ2n) is 2.93. The molecule has 0 radical (unpaired) electrons. The molecule has 0 aliphatic carbocycles. The van der Waals surface area contributed by atoms with Crippen LogP contribution in [0.5, 0.6) is 0 Å². The van der Waals surface area contributed by atoms with Gasteiger partial charge in [0.15, 0.2) is 0 Å². The summed E-state index contributed by atoms with van der Waals surface area (Å²) in [6, 6.07) is 0. The molecule has 0 aromatic heterocycles. The van der Waals surface area contributed by atoms with Crippen molar-refractivity contribution in [3.63, 3.8) is 0 Å². The molecule has 0 aliphatic rings. The highest BCUT2D eigenvalue weighted by Gasteiger charge is 2.10. The molecule has 0 aromatic carbocycles. The van der Waals surface area contributed by atoms with E-state index in [0.29, 0.717) is 0 Å².